The Morgan fingerprint density at radius 1 is 1.12 bits per heavy atom. The molecule has 0 saturated heterocycles. The van der Waals surface area contributed by atoms with Crippen molar-refractivity contribution in [2.24, 2.45) is 17.8 Å². The molecule has 1 aromatic heterocycles. The summed E-state index contributed by atoms with van der Waals surface area (Å²) in [6.07, 6.45) is 7.66. The minimum Gasteiger partial charge on any atom is -0.465 e. The Kier molecular flexibility index (Phi) is 6.09. The second-order valence-electron chi connectivity index (χ2n) is 9.80. The van der Waals surface area contributed by atoms with Gasteiger partial charge in [0.25, 0.3) is 17.7 Å². The topological polar surface area (TPSA) is 128 Å². The molecule has 34 heavy (non-hydrogen) atoms. The van der Waals surface area contributed by atoms with Gasteiger partial charge in [0.05, 0.1) is 6.26 Å². The molecule has 4 bridgehead atoms. The normalized spacial score (nSPS) is 27.4. The number of rotatable bonds is 8. The molecule has 0 spiro atoms. The molecule has 182 valence electrons. The summed E-state index contributed by atoms with van der Waals surface area (Å²) in [6.45, 7) is -0.585. The summed E-state index contributed by atoms with van der Waals surface area (Å²) >= 11 is 1.24. The quantitative estimate of drug-likeness (QED) is 0.561. The van der Waals surface area contributed by atoms with E-state index in [0.29, 0.717) is 22.6 Å². The maximum absolute atomic E-state index is 13.4. The Balaban J connectivity index is 1.36. The monoisotopic (exact) mass is 505 g/mol. The van der Waals surface area contributed by atoms with E-state index in [9.17, 15) is 18.0 Å². The van der Waals surface area contributed by atoms with E-state index < -0.39 is 22.5 Å². The Morgan fingerprint density at radius 3 is 2.32 bits per heavy atom. The third-order valence-electron chi connectivity index (χ3n) is 6.85. The summed E-state index contributed by atoms with van der Waals surface area (Å²) < 4.78 is 35.3. The van der Waals surface area contributed by atoms with E-state index in [1.165, 1.54) is 31.0 Å². The molecule has 2 amide bonds. The summed E-state index contributed by atoms with van der Waals surface area (Å²) in [4.78, 5) is 26.5. The first kappa shape index (κ1) is 23.2. The number of amides is 2. The number of benzene rings is 1. The Morgan fingerprint density at radius 2 is 1.74 bits per heavy atom. The molecule has 4 aliphatic carbocycles. The molecule has 2 aromatic rings. The zero-order chi connectivity index (χ0) is 23.9. The Hall–Kier alpha value is -2.53. The van der Waals surface area contributed by atoms with Gasteiger partial charge in [-0.05, 0) is 73.6 Å². The molecule has 0 unspecified atom stereocenters. The number of carbonyl (C=O) groups is 2. The van der Waals surface area contributed by atoms with Crippen LogP contribution < -0.4 is 14.8 Å². The molecule has 4 aliphatic rings. The van der Waals surface area contributed by atoms with Crippen LogP contribution in [0.2, 0.25) is 0 Å². The summed E-state index contributed by atoms with van der Waals surface area (Å²) in [5.74, 6) is 0.824. The third kappa shape index (κ3) is 5.10. The van der Waals surface area contributed by atoms with Crippen molar-refractivity contribution in [2.45, 2.75) is 53.9 Å². The molecule has 4 fully saturated rings. The molecule has 4 saturated carbocycles. The van der Waals surface area contributed by atoms with Crippen LogP contribution in [0, 0.1) is 17.8 Å². The molecule has 0 aliphatic heterocycles. The zero-order valence-electron chi connectivity index (χ0n) is 18.8. The number of hydrogen-bond donors (Lipinski definition) is 2. The molecular formula is C23H27N3O6S2. The highest BCUT2D eigenvalue weighted by molar-refractivity contribution is 7.99. The minimum atomic E-state index is -3.71. The first-order valence-corrected chi connectivity index (χ1v) is 14.1. The van der Waals surface area contributed by atoms with Gasteiger partial charge in [-0.2, -0.15) is 0 Å². The highest BCUT2D eigenvalue weighted by Crippen LogP contribution is 2.55. The van der Waals surface area contributed by atoms with Crippen LogP contribution in [0.4, 0.5) is 0 Å². The van der Waals surface area contributed by atoms with Crippen LogP contribution in [-0.2, 0) is 14.8 Å². The van der Waals surface area contributed by atoms with Gasteiger partial charge in [0.15, 0.2) is 6.61 Å². The number of sulfonamides is 1. The first-order valence-electron chi connectivity index (χ1n) is 11.4. The molecule has 1 heterocycles. The number of nitrogens with one attached hydrogen (secondary N) is 2. The van der Waals surface area contributed by atoms with Gasteiger partial charge >= 0.3 is 0 Å². The van der Waals surface area contributed by atoms with Crippen molar-refractivity contribution in [1.82, 2.24) is 15.2 Å². The van der Waals surface area contributed by atoms with Gasteiger partial charge in [-0.25, -0.2) is 8.42 Å². The Bertz CT molecular complexity index is 1160. The predicted molar refractivity (Wildman–Crippen MR) is 124 cm³/mol. The van der Waals surface area contributed by atoms with E-state index in [2.05, 4.69) is 10.5 Å². The number of nitrogens with zero attached hydrogens (tertiary/aromatic N) is 1. The SMILES string of the molecule is CS(=O)(=O)NC(=O)COc1noc(C(=O)NC23CC4CC(CC(C4)C2)C3)c1Sc1ccccc1. The lowest BCUT2D eigenvalue weighted by molar-refractivity contribution is -0.121. The highest BCUT2D eigenvalue weighted by Gasteiger charge is 2.52. The largest absolute Gasteiger partial charge is 0.465 e. The number of aromatic nitrogens is 1. The highest BCUT2D eigenvalue weighted by atomic mass is 32.2. The number of hydrogen-bond acceptors (Lipinski definition) is 8. The van der Waals surface area contributed by atoms with Crippen LogP contribution in [0.25, 0.3) is 0 Å². The summed E-state index contributed by atoms with van der Waals surface area (Å²) in [7, 11) is -3.71. The molecule has 9 nitrogen and oxygen atoms in total. The maximum Gasteiger partial charge on any atom is 0.291 e. The van der Waals surface area contributed by atoms with E-state index in [1.54, 1.807) is 0 Å². The van der Waals surface area contributed by atoms with E-state index >= 15 is 0 Å². The van der Waals surface area contributed by atoms with Crippen LogP contribution in [0.15, 0.2) is 44.6 Å². The lowest BCUT2D eigenvalue weighted by Crippen LogP contribution is -2.59. The fourth-order valence-corrected chi connectivity index (χ4v) is 7.54. The zero-order valence-corrected chi connectivity index (χ0v) is 20.4. The maximum atomic E-state index is 13.4. The van der Waals surface area contributed by atoms with Crippen molar-refractivity contribution in [3.05, 3.63) is 36.1 Å². The molecule has 1 aromatic carbocycles. The van der Waals surface area contributed by atoms with Crippen LogP contribution in [-0.4, -0.2) is 43.8 Å². The van der Waals surface area contributed by atoms with Crippen molar-refractivity contribution in [1.29, 1.82) is 0 Å². The van der Waals surface area contributed by atoms with Crippen molar-refractivity contribution in [2.75, 3.05) is 12.9 Å². The van der Waals surface area contributed by atoms with Crippen molar-refractivity contribution >= 4 is 33.6 Å². The molecule has 0 radical (unpaired) electrons. The Labute approximate surface area is 202 Å². The van der Waals surface area contributed by atoms with Crippen LogP contribution >= 0.6 is 11.8 Å². The van der Waals surface area contributed by atoms with Gasteiger partial charge in [-0.1, -0.05) is 30.0 Å². The minimum absolute atomic E-state index is 0.0307. The van der Waals surface area contributed by atoms with E-state index in [4.69, 9.17) is 9.26 Å². The molecular weight excluding hydrogens is 478 g/mol. The first-order chi connectivity index (χ1) is 16.2. The second-order valence-corrected chi connectivity index (χ2v) is 12.6. The fourth-order valence-electron chi connectivity index (χ4n) is 6.13. The van der Waals surface area contributed by atoms with Crippen molar-refractivity contribution < 1.29 is 27.3 Å². The van der Waals surface area contributed by atoms with Crippen LogP contribution in [0.1, 0.15) is 49.1 Å². The van der Waals surface area contributed by atoms with Crippen molar-refractivity contribution in [3.8, 4) is 5.88 Å². The fraction of sp³-hybridized carbons (Fsp3) is 0.522. The predicted octanol–water partition coefficient (Wildman–Crippen LogP) is 2.98. The second kappa shape index (κ2) is 8.92. The summed E-state index contributed by atoms with van der Waals surface area (Å²) in [5, 5.41) is 7.16. The summed E-state index contributed by atoms with van der Waals surface area (Å²) in [5.41, 5.74) is -0.205. The smallest absolute Gasteiger partial charge is 0.291 e. The molecule has 6 rings (SSSR count). The number of ether oxygens (including phenoxy) is 1. The van der Waals surface area contributed by atoms with Crippen LogP contribution in [0.3, 0.4) is 0 Å². The van der Waals surface area contributed by atoms with E-state index in [1.807, 2.05) is 35.1 Å². The molecule has 0 atom stereocenters. The van der Waals surface area contributed by atoms with Gasteiger partial charge in [-0.15, -0.1) is 0 Å². The van der Waals surface area contributed by atoms with E-state index in [-0.39, 0.29) is 23.1 Å². The molecule has 2 N–H and O–H groups in total. The lowest BCUT2D eigenvalue weighted by Gasteiger charge is -2.56. The van der Waals surface area contributed by atoms with E-state index in [0.717, 1.165) is 30.4 Å². The van der Waals surface area contributed by atoms with Gasteiger partial charge in [-0.3, -0.25) is 14.3 Å². The lowest BCUT2D eigenvalue weighted by atomic mass is 9.53. The van der Waals surface area contributed by atoms with Crippen LogP contribution in [0.5, 0.6) is 5.88 Å². The average molecular weight is 506 g/mol. The van der Waals surface area contributed by atoms with Crippen molar-refractivity contribution in [3.63, 3.8) is 0 Å². The average Bonchev–Trinajstić information content (AvgIpc) is 3.13. The van der Waals surface area contributed by atoms with Gasteiger partial charge in [0.1, 0.15) is 4.90 Å². The van der Waals surface area contributed by atoms with Gasteiger partial charge in [0, 0.05) is 10.4 Å². The number of carbonyl (C=O) groups excluding carboxylic acids is 2. The molecule has 11 heteroatoms. The standard InChI is InChI=1S/C23H27N3O6S2/c1-34(29,30)26-18(27)13-31-22-20(33-17-5-3-2-4-6-17)19(32-25-22)21(28)24-23-10-14-7-15(11-23)9-16(8-14)12-23/h2-6,14-16H,7-13H2,1H3,(H,24,28)(H,26,27). The third-order valence-corrected chi connectivity index (χ3v) is 8.52. The summed E-state index contributed by atoms with van der Waals surface area (Å²) in [6, 6.07) is 9.36. The van der Waals surface area contributed by atoms with Gasteiger partial charge in [0.2, 0.25) is 15.8 Å². The van der Waals surface area contributed by atoms with Gasteiger partial charge < -0.3 is 14.6 Å².